The predicted octanol–water partition coefficient (Wildman–Crippen LogP) is 1.59. The molecule has 0 unspecified atom stereocenters. The SMILES string of the molecule is O=C1c2ccccc2C(=O)N1C[C@@H](O)COCc1ccc2c(c1)OCO2. The lowest BCUT2D eigenvalue weighted by Crippen LogP contribution is -2.38. The molecule has 1 N–H and O–H groups in total. The summed E-state index contributed by atoms with van der Waals surface area (Å²) in [6.45, 7) is 0.379. The molecule has 0 bridgehead atoms. The van der Waals surface area contributed by atoms with E-state index in [1.165, 1.54) is 0 Å². The number of aliphatic hydroxyl groups excluding tert-OH is 1. The number of amides is 2. The first-order valence-electron chi connectivity index (χ1n) is 8.23. The van der Waals surface area contributed by atoms with Crippen molar-refractivity contribution in [2.45, 2.75) is 12.7 Å². The molecule has 0 saturated heterocycles. The summed E-state index contributed by atoms with van der Waals surface area (Å²) in [5, 5.41) is 10.1. The highest BCUT2D eigenvalue weighted by molar-refractivity contribution is 6.21. The largest absolute Gasteiger partial charge is 0.454 e. The molecule has 2 aliphatic heterocycles. The lowest BCUT2D eigenvalue weighted by Gasteiger charge is -2.18. The molecule has 2 aliphatic rings. The summed E-state index contributed by atoms with van der Waals surface area (Å²) in [4.78, 5) is 25.6. The molecule has 0 spiro atoms. The van der Waals surface area contributed by atoms with Gasteiger partial charge in [0.25, 0.3) is 11.8 Å². The zero-order chi connectivity index (χ0) is 18.1. The Morgan fingerprint density at radius 2 is 1.73 bits per heavy atom. The number of imide groups is 1. The van der Waals surface area contributed by atoms with Crippen LogP contribution in [0.3, 0.4) is 0 Å². The summed E-state index contributed by atoms with van der Waals surface area (Å²) < 4.78 is 16.0. The summed E-state index contributed by atoms with van der Waals surface area (Å²) >= 11 is 0. The van der Waals surface area contributed by atoms with Crippen LogP contribution in [0, 0.1) is 0 Å². The van der Waals surface area contributed by atoms with Crippen molar-refractivity contribution in [3.63, 3.8) is 0 Å². The second kappa shape index (κ2) is 6.78. The Morgan fingerprint density at radius 1 is 1.04 bits per heavy atom. The molecule has 2 aromatic rings. The minimum Gasteiger partial charge on any atom is -0.454 e. The molecule has 7 heteroatoms. The van der Waals surface area contributed by atoms with Gasteiger partial charge in [-0.15, -0.1) is 0 Å². The lowest BCUT2D eigenvalue weighted by atomic mass is 10.1. The van der Waals surface area contributed by atoms with E-state index in [0.717, 1.165) is 10.5 Å². The van der Waals surface area contributed by atoms with Crippen molar-refractivity contribution in [3.8, 4) is 11.5 Å². The standard InChI is InChI=1S/C19H17NO6/c21-13(8-20-18(22)14-3-1-2-4-15(14)19(20)23)10-24-9-12-5-6-16-17(7-12)26-11-25-16/h1-7,13,21H,8-11H2/t13-/m1/s1. The molecular weight excluding hydrogens is 338 g/mol. The Morgan fingerprint density at radius 3 is 2.46 bits per heavy atom. The second-order valence-electron chi connectivity index (χ2n) is 6.12. The molecule has 26 heavy (non-hydrogen) atoms. The van der Waals surface area contributed by atoms with Crippen molar-refractivity contribution in [1.82, 2.24) is 4.90 Å². The Labute approximate surface area is 149 Å². The third kappa shape index (κ3) is 3.02. The van der Waals surface area contributed by atoms with Crippen molar-refractivity contribution in [2.24, 2.45) is 0 Å². The number of hydrogen-bond acceptors (Lipinski definition) is 6. The number of ether oxygens (including phenoxy) is 3. The fourth-order valence-electron chi connectivity index (χ4n) is 3.01. The number of fused-ring (bicyclic) bond motifs is 2. The number of carbonyl (C=O) groups is 2. The minimum atomic E-state index is -0.966. The van der Waals surface area contributed by atoms with Gasteiger partial charge < -0.3 is 19.3 Å². The molecule has 134 valence electrons. The van der Waals surface area contributed by atoms with Crippen LogP contribution in [0.5, 0.6) is 11.5 Å². The summed E-state index contributed by atoms with van der Waals surface area (Å²) in [6.07, 6.45) is -0.966. The van der Waals surface area contributed by atoms with E-state index in [9.17, 15) is 14.7 Å². The molecular formula is C19H17NO6. The van der Waals surface area contributed by atoms with Crippen LogP contribution in [-0.2, 0) is 11.3 Å². The predicted molar refractivity (Wildman–Crippen MR) is 90.0 cm³/mol. The molecule has 2 amide bonds. The first-order chi connectivity index (χ1) is 12.6. The van der Waals surface area contributed by atoms with Gasteiger partial charge in [-0.1, -0.05) is 18.2 Å². The van der Waals surface area contributed by atoms with E-state index in [2.05, 4.69) is 0 Å². The molecule has 0 aliphatic carbocycles. The normalized spacial score (nSPS) is 16.1. The number of aliphatic hydroxyl groups is 1. The van der Waals surface area contributed by atoms with Crippen LogP contribution in [0.4, 0.5) is 0 Å². The van der Waals surface area contributed by atoms with Gasteiger partial charge in [-0.25, -0.2) is 0 Å². The van der Waals surface area contributed by atoms with Crippen molar-refractivity contribution >= 4 is 11.8 Å². The van der Waals surface area contributed by atoms with Crippen molar-refractivity contribution in [2.75, 3.05) is 19.9 Å². The smallest absolute Gasteiger partial charge is 0.261 e. The molecule has 7 nitrogen and oxygen atoms in total. The molecule has 0 saturated carbocycles. The fraction of sp³-hybridized carbons (Fsp3) is 0.263. The van der Waals surface area contributed by atoms with Crippen LogP contribution in [0.2, 0.25) is 0 Å². The van der Waals surface area contributed by atoms with Gasteiger partial charge in [-0.3, -0.25) is 14.5 Å². The van der Waals surface area contributed by atoms with Crippen LogP contribution in [0.25, 0.3) is 0 Å². The average Bonchev–Trinajstić information content (AvgIpc) is 3.21. The van der Waals surface area contributed by atoms with Gasteiger partial charge in [-0.05, 0) is 29.8 Å². The molecule has 0 aromatic heterocycles. The highest BCUT2D eigenvalue weighted by Gasteiger charge is 2.36. The van der Waals surface area contributed by atoms with Crippen LogP contribution in [-0.4, -0.2) is 47.9 Å². The summed E-state index contributed by atoms with van der Waals surface area (Å²) in [6, 6.07) is 12.1. The topological polar surface area (TPSA) is 85.3 Å². The van der Waals surface area contributed by atoms with E-state index in [1.807, 2.05) is 12.1 Å². The number of benzene rings is 2. The van der Waals surface area contributed by atoms with Crippen molar-refractivity contribution in [3.05, 3.63) is 59.2 Å². The zero-order valence-electron chi connectivity index (χ0n) is 13.9. The molecule has 1 atom stereocenters. The van der Waals surface area contributed by atoms with Gasteiger partial charge >= 0.3 is 0 Å². The van der Waals surface area contributed by atoms with Gasteiger partial charge in [-0.2, -0.15) is 0 Å². The van der Waals surface area contributed by atoms with Gasteiger partial charge in [0.15, 0.2) is 11.5 Å². The van der Waals surface area contributed by atoms with E-state index >= 15 is 0 Å². The van der Waals surface area contributed by atoms with Crippen LogP contribution < -0.4 is 9.47 Å². The van der Waals surface area contributed by atoms with E-state index in [4.69, 9.17) is 14.2 Å². The molecule has 2 heterocycles. The summed E-state index contributed by atoms with van der Waals surface area (Å²) in [5.74, 6) is 0.581. The highest BCUT2D eigenvalue weighted by Crippen LogP contribution is 2.32. The second-order valence-corrected chi connectivity index (χ2v) is 6.12. The van der Waals surface area contributed by atoms with E-state index in [-0.39, 0.29) is 38.4 Å². The molecule has 4 rings (SSSR count). The fourth-order valence-corrected chi connectivity index (χ4v) is 3.01. The zero-order valence-corrected chi connectivity index (χ0v) is 13.9. The van der Waals surface area contributed by atoms with E-state index < -0.39 is 6.10 Å². The van der Waals surface area contributed by atoms with Gasteiger partial charge in [0.2, 0.25) is 6.79 Å². The first-order valence-corrected chi connectivity index (χ1v) is 8.23. The maximum Gasteiger partial charge on any atom is 0.261 e. The van der Waals surface area contributed by atoms with Gasteiger partial charge in [0.05, 0.1) is 37.0 Å². The van der Waals surface area contributed by atoms with Gasteiger partial charge in [0.1, 0.15) is 0 Å². The van der Waals surface area contributed by atoms with E-state index in [0.29, 0.717) is 22.6 Å². The molecule has 2 aromatic carbocycles. The monoisotopic (exact) mass is 355 g/mol. The summed E-state index contributed by atoms with van der Waals surface area (Å²) in [7, 11) is 0. The Bertz CT molecular complexity index is 830. The van der Waals surface area contributed by atoms with E-state index in [1.54, 1.807) is 30.3 Å². The number of β-amino-alcohol motifs (C(OH)–C–C–N with tert-alkyl or cyclic N) is 1. The number of carbonyl (C=O) groups excluding carboxylic acids is 2. The highest BCUT2D eigenvalue weighted by atomic mass is 16.7. The maximum atomic E-state index is 12.3. The molecule has 0 radical (unpaired) electrons. The quantitative estimate of drug-likeness (QED) is 0.792. The summed E-state index contributed by atoms with van der Waals surface area (Å²) in [5.41, 5.74) is 1.61. The van der Waals surface area contributed by atoms with Crippen LogP contribution in [0.15, 0.2) is 42.5 Å². The Kier molecular flexibility index (Phi) is 4.32. The molecule has 0 fully saturated rings. The number of rotatable bonds is 6. The number of hydrogen-bond donors (Lipinski definition) is 1. The number of nitrogens with zero attached hydrogens (tertiary/aromatic N) is 1. The minimum absolute atomic E-state index is 0.00183. The lowest BCUT2D eigenvalue weighted by molar-refractivity contribution is 0.0119. The third-order valence-corrected chi connectivity index (χ3v) is 4.29. The Hall–Kier alpha value is -2.90. The van der Waals surface area contributed by atoms with Crippen molar-refractivity contribution < 1.29 is 28.9 Å². The maximum absolute atomic E-state index is 12.3. The van der Waals surface area contributed by atoms with Crippen LogP contribution >= 0.6 is 0 Å². The van der Waals surface area contributed by atoms with Crippen molar-refractivity contribution in [1.29, 1.82) is 0 Å². The average molecular weight is 355 g/mol. The Balaban J connectivity index is 1.30. The van der Waals surface area contributed by atoms with Gasteiger partial charge in [0, 0.05) is 0 Å². The third-order valence-electron chi connectivity index (χ3n) is 4.29. The first kappa shape index (κ1) is 16.6. The van der Waals surface area contributed by atoms with Crippen LogP contribution in [0.1, 0.15) is 26.3 Å².